The van der Waals surface area contributed by atoms with Crippen molar-refractivity contribution in [2.45, 2.75) is 53.2 Å². The minimum atomic E-state index is 0.236. The lowest BCUT2D eigenvalue weighted by Crippen LogP contribution is -2.26. The number of hydrogen-bond acceptors (Lipinski definition) is 3. The Morgan fingerprint density at radius 3 is 2.62 bits per heavy atom. The second kappa shape index (κ2) is 6.01. The van der Waals surface area contributed by atoms with Gasteiger partial charge in [0.1, 0.15) is 0 Å². The van der Waals surface area contributed by atoms with Gasteiger partial charge in [0.05, 0.1) is 5.69 Å². The Kier molecular flexibility index (Phi) is 4.96. The summed E-state index contributed by atoms with van der Waals surface area (Å²) in [6.45, 7) is 10.3. The molecule has 0 fully saturated rings. The van der Waals surface area contributed by atoms with Gasteiger partial charge in [-0.15, -0.1) is 0 Å². The minimum Gasteiger partial charge on any atom is -0.396 e. The van der Waals surface area contributed by atoms with Crippen LogP contribution in [0, 0.1) is 13.8 Å². The van der Waals surface area contributed by atoms with Crippen molar-refractivity contribution in [1.82, 2.24) is 15.1 Å². The third-order valence-corrected chi connectivity index (χ3v) is 3.02. The van der Waals surface area contributed by atoms with E-state index >= 15 is 0 Å². The Bertz CT molecular complexity index is 333. The summed E-state index contributed by atoms with van der Waals surface area (Å²) in [6, 6.07) is 0.341. The van der Waals surface area contributed by atoms with Gasteiger partial charge in [-0.25, -0.2) is 0 Å². The molecule has 0 aliphatic carbocycles. The molecule has 0 aromatic carbocycles. The number of aliphatic hydroxyl groups excluding tert-OH is 1. The van der Waals surface area contributed by atoms with Crippen LogP contribution in [0.4, 0.5) is 0 Å². The van der Waals surface area contributed by atoms with Crippen molar-refractivity contribution in [3.05, 3.63) is 17.0 Å². The van der Waals surface area contributed by atoms with E-state index in [9.17, 15) is 0 Å². The molecule has 1 aromatic rings. The molecule has 4 heteroatoms. The molecule has 0 radical (unpaired) electrons. The Hall–Kier alpha value is -0.870. The Labute approximate surface area is 97.7 Å². The van der Waals surface area contributed by atoms with Crippen LogP contribution in [-0.4, -0.2) is 27.5 Å². The summed E-state index contributed by atoms with van der Waals surface area (Å²) in [5, 5.41) is 16.7. The van der Waals surface area contributed by atoms with Gasteiger partial charge in [0, 0.05) is 37.0 Å². The number of aromatic nitrogens is 2. The zero-order valence-electron chi connectivity index (χ0n) is 10.7. The van der Waals surface area contributed by atoms with Crippen molar-refractivity contribution in [1.29, 1.82) is 0 Å². The van der Waals surface area contributed by atoms with E-state index in [-0.39, 0.29) is 6.61 Å². The Balaban J connectivity index is 2.63. The summed E-state index contributed by atoms with van der Waals surface area (Å²) < 4.78 is 2.03. The predicted molar refractivity (Wildman–Crippen MR) is 65.4 cm³/mol. The lowest BCUT2D eigenvalue weighted by molar-refractivity contribution is 0.268. The van der Waals surface area contributed by atoms with Gasteiger partial charge in [0.15, 0.2) is 0 Å². The van der Waals surface area contributed by atoms with Crippen molar-refractivity contribution in [3.63, 3.8) is 0 Å². The number of hydrogen-bond donors (Lipinski definition) is 2. The molecular formula is C12H23N3O. The van der Waals surface area contributed by atoms with Gasteiger partial charge in [-0.2, -0.15) is 5.10 Å². The number of nitrogens with zero attached hydrogens (tertiary/aromatic N) is 2. The molecule has 0 aliphatic heterocycles. The van der Waals surface area contributed by atoms with E-state index in [0.29, 0.717) is 6.04 Å². The molecule has 0 amide bonds. The largest absolute Gasteiger partial charge is 0.396 e. The molecule has 2 N–H and O–H groups in total. The average molecular weight is 225 g/mol. The molecule has 92 valence electrons. The highest BCUT2D eigenvalue weighted by molar-refractivity contribution is 5.24. The number of aryl methyl sites for hydroxylation is 2. The van der Waals surface area contributed by atoms with Crippen molar-refractivity contribution in [3.8, 4) is 0 Å². The highest BCUT2D eigenvalue weighted by atomic mass is 16.3. The van der Waals surface area contributed by atoms with Crippen LogP contribution >= 0.6 is 0 Å². The number of aliphatic hydroxyl groups is 1. The fourth-order valence-corrected chi connectivity index (χ4v) is 1.87. The molecule has 1 rings (SSSR count). The molecule has 16 heavy (non-hydrogen) atoms. The maximum Gasteiger partial charge on any atom is 0.0641 e. The van der Waals surface area contributed by atoms with E-state index in [1.165, 1.54) is 11.3 Å². The van der Waals surface area contributed by atoms with E-state index in [4.69, 9.17) is 5.11 Å². The summed E-state index contributed by atoms with van der Waals surface area (Å²) in [6.07, 6.45) is 0.792. The van der Waals surface area contributed by atoms with Crippen LogP contribution in [0.3, 0.4) is 0 Å². The quantitative estimate of drug-likeness (QED) is 0.769. The molecule has 1 aromatic heterocycles. The highest BCUT2D eigenvalue weighted by Gasteiger charge is 2.11. The first kappa shape index (κ1) is 13.2. The third kappa shape index (κ3) is 3.06. The first-order valence-corrected chi connectivity index (χ1v) is 5.97. The average Bonchev–Trinajstić information content (AvgIpc) is 2.52. The summed E-state index contributed by atoms with van der Waals surface area (Å²) >= 11 is 0. The van der Waals surface area contributed by atoms with E-state index < -0.39 is 0 Å². The van der Waals surface area contributed by atoms with Crippen LogP contribution < -0.4 is 5.32 Å². The SMILES string of the molecule is CCn1nc(C)c(CNC(C)CCO)c1C. The molecule has 1 atom stereocenters. The van der Waals surface area contributed by atoms with Crippen molar-refractivity contribution in [2.24, 2.45) is 0 Å². The highest BCUT2D eigenvalue weighted by Crippen LogP contribution is 2.12. The normalized spacial score (nSPS) is 13.1. The zero-order valence-corrected chi connectivity index (χ0v) is 10.7. The van der Waals surface area contributed by atoms with E-state index in [0.717, 1.165) is 25.2 Å². The molecule has 0 aliphatic rings. The van der Waals surface area contributed by atoms with Gasteiger partial charge in [0.25, 0.3) is 0 Å². The third-order valence-electron chi connectivity index (χ3n) is 3.02. The van der Waals surface area contributed by atoms with Crippen LogP contribution in [-0.2, 0) is 13.1 Å². The van der Waals surface area contributed by atoms with Crippen LogP contribution in [0.15, 0.2) is 0 Å². The van der Waals surface area contributed by atoms with E-state index in [1.54, 1.807) is 0 Å². The van der Waals surface area contributed by atoms with Crippen molar-refractivity contribution >= 4 is 0 Å². The van der Waals surface area contributed by atoms with Gasteiger partial charge in [-0.3, -0.25) is 4.68 Å². The molecule has 0 spiro atoms. The van der Waals surface area contributed by atoms with Crippen molar-refractivity contribution < 1.29 is 5.11 Å². The standard InChI is InChI=1S/C12H23N3O/c1-5-15-11(4)12(10(3)14-15)8-13-9(2)6-7-16/h9,13,16H,5-8H2,1-4H3. The van der Waals surface area contributed by atoms with Crippen LogP contribution in [0.25, 0.3) is 0 Å². The van der Waals surface area contributed by atoms with Crippen LogP contribution in [0.2, 0.25) is 0 Å². The maximum atomic E-state index is 8.83. The van der Waals surface area contributed by atoms with Gasteiger partial charge in [-0.1, -0.05) is 0 Å². The fourth-order valence-electron chi connectivity index (χ4n) is 1.87. The minimum absolute atomic E-state index is 0.236. The smallest absolute Gasteiger partial charge is 0.0641 e. The molecular weight excluding hydrogens is 202 g/mol. The topological polar surface area (TPSA) is 50.1 Å². The summed E-state index contributed by atoms with van der Waals surface area (Å²) in [5.41, 5.74) is 3.62. The molecule has 1 heterocycles. The molecule has 0 bridgehead atoms. The second-order valence-electron chi connectivity index (χ2n) is 4.26. The monoisotopic (exact) mass is 225 g/mol. The second-order valence-corrected chi connectivity index (χ2v) is 4.26. The molecule has 1 unspecified atom stereocenters. The number of nitrogens with one attached hydrogen (secondary N) is 1. The first-order valence-electron chi connectivity index (χ1n) is 5.97. The number of rotatable bonds is 6. The van der Waals surface area contributed by atoms with Crippen molar-refractivity contribution in [2.75, 3.05) is 6.61 Å². The maximum absolute atomic E-state index is 8.83. The van der Waals surface area contributed by atoms with E-state index in [1.807, 2.05) is 11.6 Å². The summed E-state index contributed by atoms with van der Waals surface area (Å²) in [4.78, 5) is 0. The molecule has 0 saturated carbocycles. The fraction of sp³-hybridized carbons (Fsp3) is 0.750. The predicted octanol–water partition coefficient (Wildman–Crippen LogP) is 1.38. The molecule has 4 nitrogen and oxygen atoms in total. The Morgan fingerprint density at radius 2 is 2.12 bits per heavy atom. The van der Waals surface area contributed by atoms with Crippen LogP contribution in [0.1, 0.15) is 37.2 Å². The van der Waals surface area contributed by atoms with Gasteiger partial charge >= 0.3 is 0 Å². The molecule has 0 saturated heterocycles. The van der Waals surface area contributed by atoms with Gasteiger partial charge in [-0.05, 0) is 34.1 Å². The Morgan fingerprint density at radius 1 is 1.44 bits per heavy atom. The van der Waals surface area contributed by atoms with E-state index in [2.05, 4.69) is 31.2 Å². The lowest BCUT2D eigenvalue weighted by atomic mass is 10.1. The zero-order chi connectivity index (χ0) is 12.1. The summed E-state index contributed by atoms with van der Waals surface area (Å²) in [7, 11) is 0. The van der Waals surface area contributed by atoms with Crippen LogP contribution in [0.5, 0.6) is 0 Å². The van der Waals surface area contributed by atoms with Gasteiger partial charge < -0.3 is 10.4 Å². The first-order chi connectivity index (χ1) is 7.60. The lowest BCUT2D eigenvalue weighted by Gasteiger charge is -2.12. The summed E-state index contributed by atoms with van der Waals surface area (Å²) in [5.74, 6) is 0. The van der Waals surface area contributed by atoms with Gasteiger partial charge in [0.2, 0.25) is 0 Å².